The minimum Gasteiger partial charge on any atom is -0.354 e. The highest BCUT2D eigenvalue weighted by molar-refractivity contribution is 5.96. The summed E-state index contributed by atoms with van der Waals surface area (Å²) >= 11 is 0. The molecule has 1 saturated heterocycles. The van der Waals surface area contributed by atoms with E-state index in [1.54, 1.807) is 0 Å². The van der Waals surface area contributed by atoms with Crippen LogP contribution in [0.2, 0.25) is 0 Å². The number of nitrogens with zero attached hydrogens (tertiary/aromatic N) is 1. The van der Waals surface area contributed by atoms with Gasteiger partial charge in [-0.05, 0) is 71.7 Å². The molecular formula is C22H34N4O3. The Balaban J connectivity index is 1.72. The van der Waals surface area contributed by atoms with Gasteiger partial charge in [0.05, 0.1) is 13.1 Å². The van der Waals surface area contributed by atoms with E-state index in [1.807, 2.05) is 51.7 Å². The van der Waals surface area contributed by atoms with Crippen LogP contribution in [0.4, 0.5) is 5.69 Å². The highest BCUT2D eigenvalue weighted by Crippen LogP contribution is 2.21. The average Bonchev–Trinajstić information content (AvgIpc) is 2.63. The molecule has 0 aromatic heterocycles. The Bertz CT molecular complexity index is 729. The lowest BCUT2D eigenvalue weighted by atomic mass is 9.95. The molecule has 1 aromatic rings. The van der Waals surface area contributed by atoms with Crippen LogP contribution in [0.5, 0.6) is 0 Å². The van der Waals surface area contributed by atoms with Crippen molar-refractivity contribution >= 4 is 23.4 Å². The fourth-order valence-electron chi connectivity index (χ4n) is 3.75. The van der Waals surface area contributed by atoms with E-state index < -0.39 is 0 Å². The quantitative estimate of drug-likeness (QED) is 0.650. The molecule has 3 amide bonds. The number of aryl methyl sites for hydroxylation is 3. The van der Waals surface area contributed by atoms with Gasteiger partial charge in [-0.1, -0.05) is 17.7 Å². The maximum atomic E-state index is 12.2. The minimum atomic E-state index is -0.238. The fourth-order valence-corrected chi connectivity index (χ4v) is 3.75. The number of carbonyl (C=O) groups excluding carboxylic acids is 3. The van der Waals surface area contributed by atoms with Gasteiger partial charge in [-0.3, -0.25) is 19.3 Å². The summed E-state index contributed by atoms with van der Waals surface area (Å²) in [5, 5.41) is 8.53. The van der Waals surface area contributed by atoms with E-state index >= 15 is 0 Å². The van der Waals surface area contributed by atoms with Crippen molar-refractivity contribution in [3.63, 3.8) is 0 Å². The largest absolute Gasteiger partial charge is 0.354 e. The number of hydrogen-bond acceptors (Lipinski definition) is 4. The summed E-state index contributed by atoms with van der Waals surface area (Å²) in [7, 11) is 0. The molecule has 0 saturated carbocycles. The predicted octanol–water partition coefficient (Wildman–Crippen LogP) is 1.90. The monoisotopic (exact) mass is 402 g/mol. The van der Waals surface area contributed by atoms with Crippen LogP contribution in [0.1, 0.15) is 43.4 Å². The highest BCUT2D eigenvalue weighted by Gasteiger charge is 2.26. The van der Waals surface area contributed by atoms with Gasteiger partial charge in [0.25, 0.3) is 0 Å². The van der Waals surface area contributed by atoms with Crippen molar-refractivity contribution in [2.45, 2.75) is 53.5 Å². The number of benzene rings is 1. The van der Waals surface area contributed by atoms with E-state index in [2.05, 4.69) is 16.0 Å². The Morgan fingerprint density at radius 3 is 2.17 bits per heavy atom. The van der Waals surface area contributed by atoms with E-state index in [0.29, 0.717) is 13.1 Å². The van der Waals surface area contributed by atoms with Gasteiger partial charge in [0.2, 0.25) is 17.7 Å². The Kier molecular flexibility index (Phi) is 8.20. The SMILES string of the molecule is Cc1cc(C)c(NC(=O)CNC(=O)CN2CCC(C(=O)NC(C)C)CC2)c(C)c1. The van der Waals surface area contributed by atoms with Gasteiger partial charge in [-0.2, -0.15) is 0 Å². The molecule has 0 spiro atoms. The molecule has 0 radical (unpaired) electrons. The summed E-state index contributed by atoms with van der Waals surface area (Å²) in [5.74, 6) is -0.300. The zero-order valence-corrected chi connectivity index (χ0v) is 18.2. The minimum absolute atomic E-state index is 0.0171. The maximum absolute atomic E-state index is 12.2. The molecule has 3 N–H and O–H groups in total. The summed E-state index contributed by atoms with van der Waals surface area (Å²) < 4.78 is 0. The summed E-state index contributed by atoms with van der Waals surface area (Å²) in [6.07, 6.45) is 1.50. The molecule has 29 heavy (non-hydrogen) atoms. The molecule has 160 valence electrons. The number of hydrogen-bond donors (Lipinski definition) is 3. The molecule has 0 atom stereocenters. The number of nitrogens with one attached hydrogen (secondary N) is 3. The Morgan fingerprint density at radius 1 is 1.03 bits per heavy atom. The number of piperidine rings is 1. The standard InChI is InChI=1S/C22H34N4O3/c1-14(2)24-22(29)18-6-8-26(9-7-18)13-20(28)23-12-19(27)25-21-16(4)10-15(3)11-17(21)5/h10-11,14,18H,6-9,12-13H2,1-5H3,(H,23,28)(H,24,29)(H,25,27). The number of anilines is 1. The molecule has 1 fully saturated rings. The van der Waals surface area contributed by atoms with E-state index in [0.717, 1.165) is 35.2 Å². The lowest BCUT2D eigenvalue weighted by molar-refractivity contribution is -0.128. The van der Waals surface area contributed by atoms with Gasteiger partial charge in [0, 0.05) is 17.6 Å². The van der Waals surface area contributed by atoms with Crippen LogP contribution in [-0.4, -0.2) is 54.8 Å². The maximum Gasteiger partial charge on any atom is 0.243 e. The Hall–Kier alpha value is -2.41. The van der Waals surface area contributed by atoms with E-state index in [4.69, 9.17) is 0 Å². The predicted molar refractivity (Wildman–Crippen MR) is 115 cm³/mol. The Labute approximate surface area is 173 Å². The number of carbonyl (C=O) groups is 3. The van der Waals surface area contributed by atoms with Gasteiger partial charge >= 0.3 is 0 Å². The van der Waals surface area contributed by atoms with Crippen LogP contribution < -0.4 is 16.0 Å². The second-order valence-electron chi connectivity index (χ2n) is 8.31. The summed E-state index contributed by atoms with van der Waals surface area (Å²) in [6, 6.07) is 4.18. The lowest BCUT2D eigenvalue weighted by Gasteiger charge is -2.31. The summed E-state index contributed by atoms with van der Waals surface area (Å²) in [5.41, 5.74) is 3.96. The second-order valence-corrected chi connectivity index (χ2v) is 8.31. The zero-order chi connectivity index (χ0) is 21.6. The van der Waals surface area contributed by atoms with Crippen molar-refractivity contribution in [1.29, 1.82) is 0 Å². The van der Waals surface area contributed by atoms with Crippen LogP contribution in [0.3, 0.4) is 0 Å². The van der Waals surface area contributed by atoms with Crippen molar-refractivity contribution in [2.24, 2.45) is 5.92 Å². The zero-order valence-electron chi connectivity index (χ0n) is 18.2. The van der Waals surface area contributed by atoms with E-state index in [1.165, 1.54) is 0 Å². The fraction of sp³-hybridized carbons (Fsp3) is 0.591. The molecule has 7 heteroatoms. The van der Waals surface area contributed by atoms with Crippen molar-refractivity contribution in [1.82, 2.24) is 15.5 Å². The van der Waals surface area contributed by atoms with Crippen molar-refractivity contribution in [3.8, 4) is 0 Å². The van der Waals surface area contributed by atoms with Crippen molar-refractivity contribution in [2.75, 3.05) is 31.5 Å². The number of likely N-dealkylation sites (tertiary alicyclic amines) is 1. The van der Waals surface area contributed by atoms with Gasteiger partial charge in [0.1, 0.15) is 0 Å². The smallest absolute Gasteiger partial charge is 0.243 e. The molecule has 1 aliphatic rings. The normalized spacial score (nSPS) is 15.2. The molecule has 0 bridgehead atoms. The molecule has 0 unspecified atom stereocenters. The van der Waals surface area contributed by atoms with Crippen LogP contribution in [0.25, 0.3) is 0 Å². The van der Waals surface area contributed by atoms with Crippen molar-refractivity contribution < 1.29 is 14.4 Å². The van der Waals surface area contributed by atoms with E-state index in [9.17, 15) is 14.4 Å². The molecule has 1 aliphatic heterocycles. The molecule has 2 rings (SSSR count). The number of rotatable bonds is 7. The third kappa shape index (κ3) is 7.16. The van der Waals surface area contributed by atoms with Gasteiger partial charge in [-0.15, -0.1) is 0 Å². The van der Waals surface area contributed by atoms with Gasteiger partial charge < -0.3 is 16.0 Å². The number of amides is 3. The third-order valence-electron chi connectivity index (χ3n) is 5.14. The van der Waals surface area contributed by atoms with Crippen molar-refractivity contribution in [3.05, 3.63) is 28.8 Å². The van der Waals surface area contributed by atoms with Gasteiger partial charge in [0.15, 0.2) is 0 Å². The first kappa shape index (κ1) is 22.9. The first-order valence-electron chi connectivity index (χ1n) is 10.3. The second kappa shape index (κ2) is 10.4. The lowest BCUT2D eigenvalue weighted by Crippen LogP contribution is -2.46. The summed E-state index contributed by atoms with van der Waals surface area (Å²) in [4.78, 5) is 38.5. The van der Waals surface area contributed by atoms with Crippen LogP contribution in [-0.2, 0) is 14.4 Å². The average molecular weight is 403 g/mol. The van der Waals surface area contributed by atoms with Crippen LogP contribution >= 0.6 is 0 Å². The topological polar surface area (TPSA) is 90.5 Å². The molecule has 1 aromatic carbocycles. The highest BCUT2D eigenvalue weighted by atomic mass is 16.2. The molecule has 7 nitrogen and oxygen atoms in total. The third-order valence-corrected chi connectivity index (χ3v) is 5.14. The van der Waals surface area contributed by atoms with Crippen LogP contribution in [0.15, 0.2) is 12.1 Å². The first-order chi connectivity index (χ1) is 13.7. The van der Waals surface area contributed by atoms with Gasteiger partial charge in [-0.25, -0.2) is 0 Å². The molecule has 0 aliphatic carbocycles. The Morgan fingerprint density at radius 2 is 1.62 bits per heavy atom. The summed E-state index contributed by atoms with van der Waals surface area (Å²) in [6.45, 7) is 11.4. The first-order valence-corrected chi connectivity index (χ1v) is 10.3. The molecular weight excluding hydrogens is 368 g/mol. The van der Waals surface area contributed by atoms with Crippen LogP contribution in [0, 0.1) is 26.7 Å². The molecule has 1 heterocycles. The van der Waals surface area contributed by atoms with E-state index in [-0.39, 0.29) is 42.8 Å².